The van der Waals surface area contributed by atoms with Crippen molar-refractivity contribution < 1.29 is 14.6 Å². The number of hydrogen-bond donors (Lipinski definition) is 1. The number of aliphatic carboxylic acids is 1. The summed E-state index contributed by atoms with van der Waals surface area (Å²) in [5.41, 5.74) is 1.94. The lowest BCUT2D eigenvalue weighted by Crippen LogP contribution is -2.27. The quantitative estimate of drug-likeness (QED) is 0.578. The summed E-state index contributed by atoms with van der Waals surface area (Å²) in [5.74, 6) is -0.938. The van der Waals surface area contributed by atoms with E-state index >= 15 is 0 Å². The van der Waals surface area contributed by atoms with Crippen molar-refractivity contribution in [1.82, 2.24) is 0 Å². The van der Waals surface area contributed by atoms with Crippen LogP contribution in [0.3, 0.4) is 0 Å². The standard InChI is InChI=1S/C15H21NO3/c1-3-16(11-12-19-4-2)14-8-6-5-7-13(14)9-10-15(17)18/h5-10H,3-4,11-12H2,1-2H3,(H,17,18). The second-order valence-electron chi connectivity index (χ2n) is 4.01. The Morgan fingerprint density at radius 3 is 2.74 bits per heavy atom. The van der Waals surface area contributed by atoms with Gasteiger partial charge in [0.05, 0.1) is 6.61 Å². The second-order valence-corrected chi connectivity index (χ2v) is 4.01. The highest BCUT2D eigenvalue weighted by atomic mass is 16.5. The van der Waals surface area contributed by atoms with Gasteiger partial charge in [0.25, 0.3) is 0 Å². The molecule has 1 rings (SSSR count). The van der Waals surface area contributed by atoms with Crippen molar-refractivity contribution in [3.05, 3.63) is 35.9 Å². The summed E-state index contributed by atoms with van der Waals surface area (Å²) >= 11 is 0. The maximum atomic E-state index is 10.6. The molecule has 0 spiro atoms. The Labute approximate surface area is 114 Å². The van der Waals surface area contributed by atoms with Gasteiger partial charge < -0.3 is 14.7 Å². The van der Waals surface area contributed by atoms with Gasteiger partial charge in [0.1, 0.15) is 0 Å². The van der Waals surface area contributed by atoms with Crippen molar-refractivity contribution >= 4 is 17.7 Å². The lowest BCUT2D eigenvalue weighted by Gasteiger charge is -2.24. The van der Waals surface area contributed by atoms with Crippen LogP contribution in [-0.4, -0.2) is 37.4 Å². The van der Waals surface area contributed by atoms with Crippen LogP contribution >= 0.6 is 0 Å². The Bertz CT molecular complexity index is 429. The number of rotatable bonds is 8. The second kappa shape index (κ2) is 8.32. The van der Waals surface area contributed by atoms with E-state index in [9.17, 15) is 4.79 Å². The molecule has 1 aromatic rings. The van der Waals surface area contributed by atoms with Gasteiger partial charge >= 0.3 is 5.97 Å². The van der Waals surface area contributed by atoms with Crippen molar-refractivity contribution in [3.63, 3.8) is 0 Å². The van der Waals surface area contributed by atoms with E-state index in [4.69, 9.17) is 9.84 Å². The zero-order valence-corrected chi connectivity index (χ0v) is 11.5. The number of carboxylic acids is 1. The van der Waals surface area contributed by atoms with E-state index < -0.39 is 5.97 Å². The zero-order valence-electron chi connectivity index (χ0n) is 11.5. The summed E-state index contributed by atoms with van der Waals surface area (Å²) in [6.07, 6.45) is 2.79. The number of likely N-dealkylation sites (N-methyl/N-ethyl adjacent to an activating group) is 1. The number of benzene rings is 1. The highest BCUT2D eigenvalue weighted by molar-refractivity contribution is 5.87. The zero-order chi connectivity index (χ0) is 14.1. The van der Waals surface area contributed by atoms with Gasteiger partial charge in [-0.15, -0.1) is 0 Å². The van der Waals surface area contributed by atoms with Gasteiger partial charge in [-0.05, 0) is 31.6 Å². The van der Waals surface area contributed by atoms with Crippen LogP contribution in [0.15, 0.2) is 30.3 Å². The fraction of sp³-hybridized carbons (Fsp3) is 0.400. The monoisotopic (exact) mass is 263 g/mol. The average molecular weight is 263 g/mol. The van der Waals surface area contributed by atoms with Gasteiger partial charge in [0.2, 0.25) is 0 Å². The number of carbonyl (C=O) groups is 1. The number of ether oxygens (including phenoxy) is 1. The van der Waals surface area contributed by atoms with E-state index in [0.29, 0.717) is 13.2 Å². The van der Waals surface area contributed by atoms with E-state index in [1.807, 2.05) is 31.2 Å². The molecule has 0 aliphatic rings. The van der Waals surface area contributed by atoms with Crippen molar-refractivity contribution in [2.75, 3.05) is 31.2 Å². The molecule has 0 aliphatic carbocycles. The number of carboxylic acid groups (broad SMARTS) is 1. The highest BCUT2D eigenvalue weighted by Gasteiger charge is 2.07. The first kappa shape index (κ1) is 15.2. The summed E-state index contributed by atoms with van der Waals surface area (Å²) in [7, 11) is 0. The Kier molecular flexibility index (Phi) is 6.68. The molecule has 0 fully saturated rings. The summed E-state index contributed by atoms with van der Waals surface area (Å²) < 4.78 is 5.37. The van der Waals surface area contributed by atoms with Crippen LogP contribution in [-0.2, 0) is 9.53 Å². The Morgan fingerprint density at radius 1 is 1.37 bits per heavy atom. The Morgan fingerprint density at radius 2 is 2.11 bits per heavy atom. The largest absolute Gasteiger partial charge is 0.478 e. The van der Waals surface area contributed by atoms with Gasteiger partial charge in [-0.1, -0.05) is 18.2 Å². The smallest absolute Gasteiger partial charge is 0.328 e. The van der Waals surface area contributed by atoms with Crippen molar-refractivity contribution in [1.29, 1.82) is 0 Å². The number of nitrogens with zero attached hydrogens (tertiary/aromatic N) is 1. The summed E-state index contributed by atoms with van der Waals surface area (Å²) in [5, 5.41) is 8.71. The molecule has 0 heterocycles. The molecular weight excluding hydrogens is 242 g/mol. The van der Waals surface area contributed by atoms with E-state index in [1.165, 1.54) is 0 Å². The molecule has 1 N–H and O–H groups in total. The van der Waals surface area contributed by atoms with Gasteiger partial charge in [-0.3, -0.25) is 0 Å². The van der Waals surface area contributed by atoms with Gasteiger partial charge in [0.15, 0.2) is 0 Å². The first-order valence-corrected chi connectivity index (χ1v) is 6.51. The summed E-state index contributed by atoms with van der Waals surface area (Å²) in [6.45, 7) is 7.07. The predicted octanol–water partition coefficient (Wildman–Crippen LogP) is 2.65. The van der Waals surface area contributed by atoms with Gasteiger partial charge in [0, 0.05) is 31.5 Å². The van der Waals surface area contributed by atoms with Gasteiger partial charge in [-0.2, -0.15) is 0 Å². The van der Waals surface area contributed by atoms with E-state index in [0.717, 1.165) is 30.4 Å². The minimum atomic E-state index is -0.938. The third-order valence-corrected chi connectivity index (χ3v) is 2.77. The van der Waals surface area contributed by atoms with Crippen LogP contribution in [0.1, 0.15) is 19.4 Å². The molecule has 104 valence electrons. The van der Waals surface area contributed by atoms with Crippen LogP contribution < -0.4 is 4.90 Å². The summed E-state index contributed by atoms with van der Waals surface area (Å²) in [6, 6.07) is 7.77. The molecule has 4 heteroatoms. The lowest BCUT2D eigenvalue weighted by atomic mass is 10.1. The minimum Gasteiger partial charge on any atom is -0.478 e. The molecule has 1 aromatic carbocycles. The fourth-order valence-electron chi connectivity index (χ4n) is 1.85. The average Bonchev–Trinajstić information content (AvgIpc) is 2.42. The van der Waals surface area contributed by atoms with Crippen LogP contribution in [0.5, 0.6) is 0 Å². The molecule has 0 radical (unpaired) electrons. The molecule has 0 aliphatic heterocycles. The van der Waals surface area contributed by atoms with Crippen molar-refractivity contribution in [2.24, 2.45) is 0 Å². The highest BCUT2D eigenvalue weighted by Crippen LogP contribution is 2.21. The third kappa shape index (κ3) is 5.14. The third-order valence-electron chi connectivity index (χ3n) is 2.77. The van der Waals surface area contributed by atoms with Crippen molar-refractivity contribution in [3.8, 4) is 0 Å². The topological polar surface area (TPSA) is 49.8 Å². The van der Waals surface area contributed by atoms with Crippen molar-refractivity contribution in [2.45, 2.75) is 13.8 Å². The molecular formula is C15H21NO3. The molecule has 0 saturated carbocycles. The van der Waals surface area contributed by atoms with Crippen LogP contribution in [0.4, 0.5) is 5.69 Å². The molecule has 0 bridgehead atoms. The minimum absolute atomic E-state index is 0.668. The molecule has 0 aromatic heterocycles. The first-order chi connectivity index (χ1) is 9.19. The summed E-state index contributed by atoms with van der Waals surface area (Å²) in [4.78, 5) is 12.8. The number of para-hydroxylation sites is 1. The number of anilines is 1. The van der Waals surface area contributed by atoms with E-state index in [-0.39, 0.29) is 0 Å². The predicted molar refractivity (Wildman–Crippen MR) is 77.5 cm³/mol. The lowest BCUT2D eigenvalue weighted by molar-refractivity contribution is -0.131. The maximum absolute atomic E-state index is 10.6. The Balaban J connectivity index is 2.86. The normalized spacial score (nSPS) is 10.8. The first-order valence-electron chi connectivity index (χ1n) is 6.51. The van der Waals surface area contributed by atoms with Crippen LogP contribution in [0.25, 0.3) is 6.08 Å². The number of hydrogen-bond acceptors (Lipinski definition) is 3. The SMILES string of the molecule is CCOCCN(CC)c1ccccc1C=CC(=O)O. The Hall–Kier alpha value is -1.81. The van der Waals surface area contributed by atoms with Gasteiger partial charge in [-0.25, -0.2) is 4.79 Å². The van der Waals surface area contributed by atoms with Crippen LogP contribution in [0.2, 0.25) is 0 Å². The maximum Gasteiger partial charge on any atom is 0.328 e. The van der Waals surface area contributed by atoms with Crippen LogP contribution in [0, 0.1) is 0 Å². The molecule has 0 unspecified atom stereocenters. The molecule has 4 nitrogen and oxygen atoms in total. The molecule has 19 heavy (non-hydrogen) atoms. The fourth-order valence-corrected chi connectivity index (χ4v) is 1.85. The molecule has 0 amide bonds. The molecule has 0 atom stereocenters. The van der Waals surface area contributed by atoms with E-state index in [2.05, 4.69) is 11.8 Å². The van der Waals surface area contributed by atoms with E-state index in [1.54, 1.807) is 6.08 Å². The molecule has 0 saturated heterocycles.